The van der Waals surface area contributed by atoms with Gasteiger partial charge < -0.3 is 10.6 Å². The Labute approximate surface area is 216 Å². The molecule has 3 N–H and O–H groups in total. The molecule has 0 aliphatic carbocycles. The first-order valence-corrected chi connectivity index (χ1v) is 13.5. The van der Waals surface area contributed by atoms with Gasteiger partial charge in [-0.05, 0) is 43.3 Å². The number of anilines is 3. The highest BCUT2D eigenvalue weighted by Gasteiger charge is 2.19. The van der Waals surface area contributed by atoms with E-state index in [9.17, 15) is 22.8 Å². The fourth-order valence-corrected chi connectivity index (χ4v) is 5.32. The van der Waals surface area contributed by atoms with Gasteiger partial charge in [-0.2, -0.15) is 0 Å². The third-order valence-electron chi connectivity index (χ3n) is 5.50. The molecule has 192 valence electrons. The molecule has 2 heterocycles. The van der Waals surface area contributed by atoms with Crippen LogP contribution in [0.4, 0.5) is 16.5 Å². The Morgan fingerprint density at radius 2 is 1.62 bits per heavy atom. The van der Waals surface area contributed by atoms with Gasteiger partial charge in [0, 0.05) is 37.2 Å². The van der Waals surface area contributed by atoms with Crippen molar-refractivity contribution in [1.29, 1.82) is 0 Å². The van der Waals surface area contributed by atoms with Crippen LogP contribution in [0.2, 0.25) is 0 Å². The molecule has 2 aromatic heterocycles. The van der Waals surface area contributed by atoms with E-state index in [1.54, 1.807) is 36.2 Å². The second-order valence-corrected chi connectivity index (χ2v) is 10.6. The molecule has 2 amide bonds. The Balaban J connectivity index is 1.33. The van der Waals surface area contributed by atoms with Gasteiger partial charge in [-0.1, -0.05) is 18.2 Å². The highest BCUT2D eigenvalue weighted by molar-refractivity contribution is 7.93. The summed E-state index contributed by atoms with van der Waals surface area (Å²) in [6.07, 6.45) is 1.22. The van der Waals surface area contributed by atoms with Crippen LogP contribution in [0.15, 0.2) is 75.9 Å². The molecule has 0 bridgehead atoms. The van der Waals surface area contributed by atoms with Crippen LogP contribution in [0, 0.1) is 6.92 Å². The summed E-state index contributed by atoms with van der Waals surface area (Å²) in [7, 11) is -2.08. The molecular formula is C24H24N6O5S2. The Morgan fingerprint density at radius 1 is 0.973 bits per heavy atom. The molecule has 37 heavy (non-hydrogen) atoms. The Bertz CT molecular complexity index is 1570. The van der Waals surface area contributed by atoms with E-state index in [-0.39, 0.29) is 34.1 Å². The Morgan fingerprint density at radius 3 is 2.24 bits per heavy atom. The topological polar surface area (TPSA) is 144 Å². The summed E-state index contributed by atoms with van der Waals surface area (Å²) in [5, 5.41) is 7.15. The number of para-hydroxylation sites is 1. The number of hydrogen-bond donors (Lipinski definition) is 3. The number of benzene rings is 2. The van der Waals surface area contributed by atoms with Gasteiger partial charge in [0.2, 0.25) is 11.8 Å². The predicted molar refractivity (Wildman–Crippen MR) is 142 cm³/mol. The van der Waals surface area contributed by atoms with Crippen LogP contribution in [-0.4, -0.2) is 34.6 Å². The third-order valence-corrected chi connectivity index (χ3v) is 7.67. The van der Waals surface area contributed by atoms with Crippen molar-refractivity contribution >= 4 is 49.7 Å². The predicted octanol–water partition coefficient (Wildman–Crippen LogP) is 3.10. The fraction of sp³-hybridized carbons (Fsp3) is 0.167. The molecule has 0 aliphatic heterocycles. The Kier molecular flexibility index (Phi) is 7.55. The number of hydrogen-bond acceptors (Lipinski definition) is 7. The first-order valence-electron chi connectivity index (χ1n) is 11.1. The molecule has 0 saturated carbocycles. The molecule has 0 saturated heterocycles. The van der Waals surface area contributed by atoms with Crippen LogP contribution in [0.25, 0.3) is 5.69 Å². The van der Waals surface area contributed by atoms with Gasteiger partial charge in [0.1, 0.15) is 5.69 Å². The summed E-state index contributed by atoms with van der Waals surface area (Å²) in [5.74, 6) is -0.908. The largest absolute Gasteiger partial charge is 0.326 e. The molecule has 0 atom stereocenters. The van der Waals surface area contributed by atoms with Crippen LogP contribution in [0.1, 0.15) is 18.5 Å². The van der Waals surface area contributed by atoms with Crippen molar-refractivity contribution in [3.63, 3.8) is 0 Å². The lowest BCUT2D eigenvalue weighted by Gasteiger charge is -2.08. The van der Waals surface area contributed by atoms with Crippen LogP contribution in [0.5, 0.6) is 0 Å². The number of aromatic nitrogens is 3. The second kappa shape index (κ2) is 10.8. The number of thiazole rings is 1. The van der Waals surface area contributed by atoms with Crippen LogP contribution >= 0.6 is 11.3 Å². The van der Waals surface area contributed by atoms with Crippen LogP contribution in [0.3, 0.4) is 0 Å². The van der Waals surface area contributed by atoms with Gasteiger partial charge in [0.25, 0.3) is 15.6 Å². The van der Waals surface area contributed by atoms with Gasteiger partial charge in [-0.15, -0.1) is 11.3 Å². The maximum absolute atomic E-state index is 12.9. The molecule has 0 unspecified atom stereocenters. The molecular weight excluding hydrogens is 516 g/mol. The van der Waals surface area contributed by atoms with Gasteiger partial charge in [0.15, 0.2) is 5.13 Å². The number of rotatable bonds is 9. The summed E-state index contributed by atoms with van der Waals surface area (Å²) in [6, 6.07) is 14.7. The average molecular weight is 541 g/mol. The molecule has 13 heteroatoms. The molecule has 0 spiro atoms. The number of sulfonamides is 1. The lowest BCUT2D eigenvalue weighted by atomic mass is 10.2. The quantitative estimate of drug-likeness (QED) is 0.298. The van der Waals surface area contributed by atoms with Crippen molar-refractivity contribution in [2.24, 2.45) is 7.05 Å². The highest BCUT2D eigenvalue weighted by atomic mass is 32.2. The summed E-state index contributed by atoms with van der Waals surface area (Å²) in [5.41, 5.74) is 1.40. The fourth-order valence-electron chi connectivity index (χ4n) is 3.53. The normalized spacial score (nSPS) is 11.2. The first kappa shape index (κ1) is 25.9. The minimum absolute atomic E-state index is 0.0134. The molecule has 2 aromatic carbocycles. The number of nitrogens with zero attached hydrogens (tertiary/aromatic N) is 3. The second-order valence-electron chi connectivity index (χ2n) is 8.00. The smallest absolute Gasteiger partial charge is 0.295 e. The van der Waals surface area contributed by atoms with Crippen LogP contribution in [-0.2, 0) is 26.7 Å². The number of carbonyl (C=O) groups is 2. The third kappa shape index (κ3) is 5.95. The molecule has 0 fully saturated rings. The van der Waals surface area contributed by atoms with Crippen molar-refractivity contribution in [2.45, 2.75) is 24.7 Å². The molecule has 0 aliphatic rings. The van der Waals surface area contributed by atoms with Crippen molar-refractivity contribution in [1.82, 2.24) is 14.3 Å². The highest BCUT2D eigenvalue weighted by Crippen LogP contribution is 2.20. The van der Waals surface area contributed by atoms with Crippen molar-refractivity contribution in [3.8, 4) is 5.69 Å². The standard InChI is InChI=1S/C24H24N6O5S2/c1-16-22(23(33)30(29(16)2)18-6-4-3-5-7-18)27-21(32)13-12-20(31)26-17-8-10-19(11-9-17)37(34,35)28-24-25-14-15-36-24/h3-11,14-15H,12-13H2,1-2H3,(H,25,28)(H,26,31)(H,27,32). The van der Waals surface area contributed by atoms with Crippen molar-refractivity contribution < 1.29 is 18.0 Å². The van der Waals surface area contributed by atoms with E-state index in [0.29, 0.717) is 17.1 Å². The SMILES string of the molecule is Cc1c(NC(=O)CCC(=O)Nc2ccc(S(=O)(=O)Nc3nccs3)cc2)c(=O)n(-c2ccccc2)n1C. The van der Waals surface area contributed by atoms with Crippen molar-refractivity contribution in [2.75, 3.05) is 15.4 Å². The van der Waals surface area contributed by atoms with E-state index in [4.69, 9.17) is 0 Å². The van der Waals surface area contributed by atoms with Gasteiger partial charge >= 0.3 is 0 Å². The molecule has 11 nitrogen and oxygen atoms in total. The van der Waals surface area contributed by atoms with E-state index in [2.05, 4.69) is 20.3 Å². The maximum Gasteiger partial charge on any atom is 0.295 e. The number of nitrogens with one attached hydrogen (secondary N) is 3. The number of amides is 2. The summed E-state index contributed by atoms with van der Waals surface area (Å²) >= 11 is 1.16. The zero-order valence-corrected chi connectivity index (χ0v) is 21.6. The van der Waals surface area contributed by atoms with E-state index < -0.39 is 21.8 Å². The average Bonchev–Trinajstić information content (AvgIpc) is 3.45. The van der Waals surface area contributed by atoms with E-state index in [0.717, 1.165) is 11.3 Å². The minimum atomic E-state index is -3.80. The van der Waals surface area contributed by atoms with Crippen molar-refractivity contribution in [3.05, 3.63) is 82.2 Å². The summed E-state index contributed by atoms with van der Waals surface area (Å²) in [4.78, 5) is 41.6. The van der Waals surface area contributed by atoms with Crippen LogP contribution < -0.4 is 20.9 Å². The summed E-state index contributed by atoms with van der Waals surface area (Å²) in [6.45, 7) is 1.72. The maximum atomic E-state index is 12.9. The minimum Gasteiger partial charge on any atom is -0.326 e. The van der Waals surface area contributed by atoms with Gasteiger partial charge in [0.05, 0.1) is 16.3 Å². The lowest BCUT2D eigenvalue weighted by molar-refractivity contribution is -0.121. The van der Waals surface area contributed by atoms with E-state index in [1.807, 2.05) is 18.2 Å². The van der Waals surface area contributed by atoms with E-state index >= 15 is 0 Å². The zero-order chi connectivity index (χ0) is 26.6. The van der Waals surface area contributed by atoms with Gasteiger partial charge in [-0.3, -0.25) is 23.8 Å². The lowest BCUT2D eigenvalue weighted by Crippen LogP contribution is -2.23. The zero-order valence-electron chi connectivity index (χ0n) is 20.0. The number of carbonyl (C=O) groups excluding carboxylic acids is 2. The summed E-state index contributed by atoms with van der Waals surface area (Å²) < 4.78 is 30.3. The first-order chi connectivity index (χ1) is 17.7. The van der Waals surface area contributed by atoms with Gasteiger partial charge in [-0.25, -0.2) is 18.1 Å². The Hall–Kier alpha value is -4.23. The molecule has 4 rings (SSSR count). The molecule has 4 aromatic rings. The van der Waals surface area contributed by atoms with E-state index in [1.165, 1.54) is 35.1 Å². The monoisotopic (exact) mass is 540 g/mol. The molecule has 0 radical (unpaired) electrons.